The second-order valence-electron chi connectivity index (χ2n) is 2.78. The van der Waals surface area contributed by atoms with E-state index in [-0.39, 0.29) is 0 Å². The van der Waals surface area contributed by atoms with Gasteiger partial charge < -0.3 is 10.3 Å². The molecule has 1 aliphatic carbocycles. The van der Waals surface area contributed by atoms with Crippen molar-refractivity contribution in [2.75, 3.05) is 7.05 Å². The first kappa shape index (κ1) is 6.05. The maximum atomic E-state index is 10.5. The van der Waals surface area contributed by atoms with Crippen LogP contribution in [0.2, 0.25) is 0 Å². The van der Waals surface area contributed by atoms with Crippen molar-refractivity contribution in [2.24, 2.45) is 5.92 Å². The topological polar surface area (TPSA) is 26.3 Å². The average Bonchev–Trinajstić information content (AvgIpc) is 1.57. The van der Waals surface area contributed by atoms with Crippen LogP contribution in [0.3, 0.4) is 0 Å². The van der Waals surface area contributed by atoms with Gasteiger partial charge in [-0.3, -0.25) is 0 Å². The van der Waals surface area contributed by atoms with Gasteiger partial charge >= 0.3 is 0 Å². The Hall–Kier alpha value is -0.0800. The van der Waals surface area contributed by atoms with Gasteiger partial charge in [0.25, 0.3) is 0 Å². The second-order valence-corrected chi connectivity index (χ2v) is 2.78. The van der Waals surface area contributed by atoms with E-state index in [1.165, 1.54) is 0 Å². The van der Waals surface area contributed by atoms with Crippen molar-refractivity contribution in [1.82, 2.24) is 5.06 Å². The number of hydrogen-bond donors (Lipinski definition) is 0. The van der Waals surface area contributed by atoms with Gasteiger partial charge in [0.2, 0.25) is 0 Å². The van der Waals surface area contributed by atoms with Crippen molar-refractivity contribution in [3.63, 3.8) is 0 Å². The van der Waals surface area contributed by atoms with Crippen LogP contribution in [-0.4, -0.2) is 18.2 Å². The van der Waals surface area contributed by atoms with E-state index in [0.717, 1.165) is 23.8 Å². The Morgan fingerprint density at radius 2 is 2.00 bits per heavy atom. The summed E-state index contributed by atoms with van der Waals surface area (Å²) in [5.74, 6) is 0.788. The summed E-state index contributed by atoms with van der Waals surface area (Å²) in [6.07, 6.45) is 2.19. The lowest BCUT2D eigenvalue weighted by Crippen LogP contribution is -2.37. The number of nitrogens with zero attached hydrogens (tertiary/aromatic N) is 1. The van der Waals surface area contributed by atoms with Gasteiger partial charge in [0, 0.05) is 0 Å². The van der Waals surface area contributed by atoms with E-state index in [4.69, 9.17) is 0 Å². The fraction of sp³-hybridized carbons (Fsp3) is 1.00. The minimum absolute atomic E-state index is 0.338. The molecule has 0 unspecified atom stereocenters. The number of hydrogen-bond acceptors (Lipinski definition) is 2. The first-order valence-electron chi connectivity index (χ1n) is 3.10. The molecule has 1 rings (SSSR count). The Morgan fingerprint density at radius 3 is 2.12 bits per heavy atom. The molecular formula is C6H12NO-. The fourth-order valence-electron chi connectivity index (χ4n) is 1.16. The molecule has 1 aliphatic rings. The van der Waals surface area contributed by atoms with Crippen molar-refractivity contribution >= 4 is 0 Å². The highest BCUT2D eigenvalue weighted by Gasteiger charge is 2.24. The summed E-state index contributed by atoms with van der Waals surface area (Å²) in [4.78, 5) is 0. The largest absolute Gasteiger partial charge is 0.785 e. The molecule has 2 nitrogen and oxygen atoms in total. The van der Waals surface area contributed by atoms with Crippen LogP contribution in [0.1, 0.15) is 19.8 Å². The third-order valence-corrected chi connectivity index (χ3v) is 1.86. The maximum absolute atomic E-state index is 10.5. The fourth-order valence-corrected chi connectivity index (χ4v) is 1.16. The van der Waals surface area contributed by atoms with Gasteiger partial charge in [-0.1, -0.05) is 6.92 Å². The Kier molecular flexibility index (Phi) is 1.54. The molecule has 0 spiro atoms. The summed E-state index contributed by atoms with van der Waals surface area (Å²) in [6.45, 7) is 2.18. The molecule has 8 heavy (non-hydrogen) atoms. The quantitative estimate of drug-likeness (QED) is 0.479. The molecule has 0 radical (unpaired) electrons. The van der Waals surface area contributed by atoms with Crippen molar-refractivity contribution in [1.29, 1.82) is 0 Å². The first-order valence-corrected chi connectivity index (χ1v) is 3.10. The summed E-state index contributed by atoms with van der Waals surface area (Å²) < 4.78 is 0. The lowest BCUT2D eigenvalue weighted by atomic mass is 9.82. The van der Waals surface area contributed by atoms with Crippen molar-refractivity contribution in [3.05, 3.63) is 5.21 Å². The minimum Gasteiger partial charge on any atom is -0.785 e. The Bertz CT molecular complexity index is 76.6. The third-order valence-electron chi connectivity index (χ3n) is 1.86. The molecule has 0 aromatic rings. The molecule has 0 atom stereocenters. The highest BCUT2D eigenvalue weighted by Crippen LogP contribution is 2.29. The molecule has 0 bridgehead atoms. The van der Waals surface area contributed by atoms with Gasteiger partial charge in [-0.25, -0.2) is 0 Å². The zero-order valence-corrected chi connectivity index (χ0v) is 5.42. The predicted octanol–water partition coefficient (Wildman–Crippen LogP) is 1.21. The van der Waals surface area contributed by atoms with E-state index in [9.17, 15) is 5.21 Å². The summed E-state index contributed by atoms with van der Waals surface area (Å²) in [7, 11) is 1.61. The van der Waals surface area contributed by atoms with Crippen LogP contribution in [0.25, 0.3) is 0 Å². The van der Waals surface area contributed by atoms with Crippen molar-refractivity contribution in [3.8, 4) is 0 Å². The highest BCUT2D eigenvalue weighted by atomic mass is 16.5. The van der Waals surface area contributed by atoms with Crippen LogP contribution in [0, 0.1) is 11.1 Å². The average molecular weight is 114 g/mol. The Labute approximate surface area is 50.1 Å². The molecule has 0 aromatic carbocycles. The zero-order chi connectivity index (χ0) is 6.15. The Morgan fingerprint density at radius 1 is 1.50 bits per heavy atom. The molecule has 1 fully saturated rings. The molecule has 0 N–H and O–H groups in total. The number of hydroxylamine groups is 2. The monoisotopic (exact) mass is 114 g/mol. The van der Waals surface area contributed by atoms with Gasteiger partial charge in [0.05, 0.1) is 0 Å². The Balaban J connectivity index is 2.15. The van der Waals surface area contributed by atoms with E-state index in [2.05, 4.69) is 6.92 Å². The van der Waals surface area contributed by atoms with Gasteiger partial charge in [0.1, 0.15) is 0 Å². The lowest BCUT2D eigenvalue weighted by Gasteiger charge is -2.43. The van der Waals surface area contributed by atoms with Crippen LogP contribution in [0.15, 0.2) is 0 Å². The van der Waals surface area contributed by atoms with Crippen LogP contribution in [0.5, 0.6) is 0 Å². The number of rotatable bonds is 1. The summed E-state index contributed by atoms with van der Waals surface area (Å²) in [5, 5.41) is 11.6. The van der Waals surface area contributed by atoms with Crippen LogP contribution in [0.4, 0.5) is 0 Å². The molecule has 0 amide bonds. The van der Waals surface area contributed by atoms with E-state index >= 15 is 0 Å². The maximum Gasteiger partial charge on any atom is -0.00230 e. The predicted molar refractivity (Wildman–Crippen MR) is 33.3 cm³/mol. The molecular weight excluding hydrogens is 102 g/mol. The van der Waals surface area contributed by atoms with Gasteiger partial charge in [-0.15, -0.1) is 0 Å². The molecule has 0 aromatic heterocycles. The van der Waals surface area contributed by atoms with Crippen molar-refractivity contribution in [2.45, 2.75) is 25.8 Å². The molecule has 2 heteroatoms. The third kappa shape index (κ3) is 1.01. The zero-order valence-electron chi connectivity index (χ0n) is 5.42. The SMILES string of the molecule is CC1CC(N(C)[O-])C1. The van der Waals surface area contributed by atoms with Crippen LogP contribution < -0.4 is 0 Å². The normalized spacial score (nSPS) is 37.5. The van der Waals surface area contributed by atoms with Gasteiger partial charge in [-0.05, 0) is 31.8 Å². The van der Waals surface area contributed by atoms with E-state index < -0.39 is 0 Å². The van der Waals surface area contributed by atoms with Crippen molar-refractivity contribution < 1.29 is 0 Å². The summed E-state index contributed by atoms with van der Waals surface area (Å²) in [6, 6.07) is 0.338. The molecule has 0 heterocycles. The highest BCUT2D eigenvalue weighted by molar-refractivity contribution is 4.83. The summed E-state index contributed by atoms with van der Waals surface area (Å²) in [5.41, 5.74) is 0. The summed E-state index contributed by atoms with van der Waals surface area (Å²) >= 11 is 0. The van der Waals surface area contributed by atoms with Crippen LogP contribution in [-0.2, 0) is 0 Å². The standard InChI is InChI=1S/C6H12NO/c1-5-3-6(4-5)7(2)8/h5-6H,3-4H2,1-2H3/q-1. The van der Waals surface area contributed by atoms with Gasteiger partial charge in [0.15, 0.2) is 0 Å². The van der Waals surface area contributed by atoms with Crippen LogP contribution >= 0.6 is 0 Å². The minimum atomic E-state index is 0.338. The second kappa shape index (κ2) is 2.03. The molecule has 0 saturated heterocycles. The smallest absolute Gasteiger partial charge is 0.00230 e. The van der Waals surface area contributed by atoms with E-state index in [0.29, 0.717) is 6.04 Å². The van der Waals surface area contributed by atoms with Gasteiger partial charge in [-0.2, -0.15) is 0 Å². The molecule has 0 aliphatic heterocycles. The lowest BCUT2D eigenvalue weighted by molar-refractivity contribution is 0.153. The van der Waals surface area contributed by atoms with E-state index in [1.54, 1.807) is 7.05 Å². The molecule has 1 saturated carbocycles. The molecule has 48 valence electrons. The first-order chi connectivity index (χ1) is 3.70. The van der Waals surface area contributed by atoms with E-state index in [1.807, 2.05) is 0 Å².